The first-order valence-corrected chi connectivity index (χ1v) is 9.12. The number of nitrogens with zero attached hydrogens (tertiary/aromatic N) is 2. The molecule has 4 N–H and O–H groups in total. The summed E-state index contributed by atoms with van der Waals surface area (Å²) in [5, 5.41) is 7.85. The first-order valence-electron chi connectivity index (χ1n) is 7.75. The summed E-state index contributed by atoms with van der Waals surface area (Å²) in [6, 6.07) is 0.995. The molecule has 0 bridgehead atoms. The summed E-state index contributed by atoms with van der Waals surface area (Å²) < 4.78 is 40.1. The molecule has 0 aromatic carbocycles. The smallest absolute Gasteiger partial charge is 0.361 e. The minimum Gasteiger partial charge on any atom is -0.361 e. The number of rotatable bonds is 7. The van der Waals surface area contributed by atoms with Crippen LogP contribution in [0.2, 0.25) is 0 Å². The average molecular weight is 360 g/mol. The Hall–Kier alpha value is -1.53. The fourth-order valence-electron chi connectivity index (χ4n) is 2.87. The molecule has 2 atom stereocenters. The van der Waals surface area contributed by atoms with Gasteiger partial charge in [-0.15, -0.1) is 4.28 Å². The highest BCUT2D eigenvalue weighted by Crippen LogP contribution is 2.28. The Balaban J connectivity index is 1.55. The number of hydrogen-bond donors (Lipinski definition) is 3. The number of hydrogen-bond acceptors (Lipinski definition) is 8. The van der Waals surface area contributed by atoms with Gasteiger partial charge >= 0.3 is 10.4 Å². The fourth-order valence-corrected chi connectivity index (χ4v) is 3.28. The molecular formula is C13H20N4O6S. The Labute approximate surface area is 139 Å². The predicted octanol–water partition coefficient (Wildman–Crippen LogP) is -0.133. The van der Waals surface area contributed by atoms with Gasteiger partial charge in [0.2, 0.25) is 5.91 Å². The Kier molecular flexibility index (Phi) is 4.88. The normalized spacial score (nSPS) is 23.5. The number of amides is 1. The van der Waals surface area contributed by atoms with Gasteiger partial charge in [-0.3, -0.25) is 9.35 Å². The van der Waals surface area contributed by atoms with E-state index in [1.807, 2.05) is 6.07 Å². The maximum absolute atomic E-state index is 11.7. The van der Waals surface area contributed by atoms with E-state index in [9.17, 15) is 13.2 Å². The Morgan fingerprint density at radius 2 is 2.29 bits per heavy atom. The van der Waals surface area contributed by atoms with E-state index in [0.29, 0.717) is 30.9 Å². The van der Waals surface area contributed by atoms with Crippen molar-refractivity contribution in [3.63, 3.8) is 0 Å². The van der Waals surface area contributed by atoms with Gasteiger partial charge in [-0.05, 0) is 19.3 Å². The molecule has 2 aliphatic heterocycles. The van der Waals surface area contributed by atoms with Gasteiger partial charge in [0.05, 0.1) is 12.1 Å². The molecule has 134 valence electrons. The minimum absolute atomic E-state index is 0.165. The van der Waals surface area contributed by atoms with Gasteiger partial charge in [0, 0.05) is 31.5 Å². The lowest BCUT2D eigenvalue weighted by molar-refractivity contribution is -0.157. The van der Waals surface area contributed by atoms with E-state index in [1.54, 1.807) is 0 Å². The molecule has 0 saturated carbocycles. The fraction of sp³-hybridized carbons (Fsp3) is 0.692. The summed E-state index contributed by atoms with van der Waals surface area (Å²) >= 11 is 0. The second-order valence-corrected chi connectivity index (χ2v) is 7.11. The van der Waals surface area contributed by atoms with Gasteiger partial charge in [0.15, 0.2) is 0 Å². The van der Waals surface area contributed by atoms with Gasteiger partial charge in [0.1, 0.15) is 11.5 Å². The van der Waals surface area contributed by atoms with Gasteiger partial charge in [-0.2, -0.15) is 13.5 Å². The van der Waals surface area contributed by atoms with Crippen LogP contribution in [0.5, 0.6) is 0 Å². The van der Waals surface area contributed by atoms with Crippen molar-refractivity contribution in [3.8, 4) is 0 Å². The topological polar surface area (TPSA) is 148 Å². The number of carbonyl (C=O) groups excluding carboxylic acids is 1. The summed E-state index contributed by atoms with van der Waals surface area (Å²) in [5.74, 6) is 0.642. The highest BCUT2D eigenvalue weighted by Gasteiger charge is 2.35. The van der Waals surface area contributed by atoms with Crippen molar-refractivity contribution in [1.29, 1.82) is 0 Å². The van der Waals surface area contributed by atoms with E-state index in [1.165, 1.54) is 0 Å². The lowest BCUT2D eigenvalue weighted by Crippen LogP contribution is -2.39. The number of aromatic nitrogens is 1. The number of nitrogens with two attached hydrogens (primary N) is 1. The summed E-state index contributed by atoms with van der Waals surface area (Å²) in [6.07, 6.45) is 1.50. The number of nitrogens with one attached hydrogen (secondary N) is 1. The van der Waals surface area contributed by atoms with Crippen molar-refractivity contribution in [1.82, 2.24) is 15.5 Å². The molecule has 3 rings (SSSR count). The zero-order valence-corrected chi connectivity index (χ0v) is 13.7. The van der Waals surface area contributed by atoms with E-state index in [2.05, 4.69) is 14.8 Å². The van der Waals surface area contributed by atoms with Crippen LogP contribution in [0.25, 0.3) is 0 Å². The summed E-state index contributed by atoms with van der Waals surface area (Å²) in [7, 11) is -4.73. The van der Waals surface area contributed by atoms with Crippen LogP contribution in [-0.4, -0.2) is 48.2 Å². The minimum atomic E-state index is -4.73. The van der Waals surface area contributed by atoms with Crippen molar-refractivity contribution in [2.45, 2.75) is 43.7 Å². The second kappa shape index (κ2) is 6.76. The molecule has 0 radical (unpaired) electrons. The molecule has 11 heteroatoms. The zero-order valence-electron chi connectivity index (χ0n) is 12.9. The molecule has 2 saturated heterocycles. The largest absolute Gasteiger partial charge is 0.418 e. The molecule has 24 heavy (non-hydrogen) atoms. The van der Waals surface area contributed by atoms with Crippen LogP contribution < -0.4 is 11.1 Å². The van der Waals surface area contributed by atoms with E-state index in [0.717, 1.165) is 23.9 Å². The van der Waals surface area contributed by atoms with E-state index < -0.39 is 22.3 Å². The van der Waals surface area contributed by atoms with Gasteiger partial charge in [-0.25, -0.2) is 0 Å². The molecule has 2 aliphatic rings. The summed E-state index contributed by atoms with van der Waals surface area (Å²) in [6.45, 7) is 1.71. The van der Waals surface area contributed by atoms with Crippen LogP contribution in [0.4, 0.5) is 0 Å². The molecule has 0 unspecified atom stereocenters. The van der Waals surface area contributed by atoms with Gasteiger partial charge < -0.3 is 15.6 Å². The van der Waals surface area contributed by atoms with Crippen molar-refractivity contribution >= 4 is 16.3 Å². The van der Waals surface area contributed by atoms with Crippen LogP contribution in [0.3, 0.4) is 0 Å². The van der Waals surface area contributed by atoms with Crippen molar-refractivity contribution in [2.75, 3.05) is 13.1 Å². The van der Waals surface area contributed by atoms with Crippen LogP contribution in [0.1, 0.15) is 49.1 Å². The molecule has 3 heterocycles. The highest BCUT2D eigenvalue weighted by molar-refractivity contribution is 7.80. The zero-order chi connectivity index (χ0) is 17.3. The molecular weight excluding hydrogens is 340 g/mol. The predicted molar refractivity (Wildman–Crippen MR) is 80.8 cm³/mol. The summed E-state index contributed by atoms with van der Waals surface area (Å²) in [5.41, 5.74) is 6.73. The maximum Gasteiger partial charge on any atom is 0.418 e. The van der Waals surface area contributed by atoms with E-state index in [-0.39, 0.29) is 12.5 Å². The molecule has 10 nitrogen and oxygen atoms in total. The number of hydroxylamine groups is 2. The third kappa shape index (κ3) is 3.92. The van der Waals surface area contributed by atoms with Gasteiger partial charge in [0.25, 0.3) is 0 Å². The summed E-state index contributed by atoms with van der Waals surface area (Å²) in [4.78, 5) is 11.7. The standard InChI is InChI=1S/C13H20N4O6S/c14-10(11-5-12(22-16-11)8-6-15-7-8)3-1-9-2-4-13(18)17(9)23-24(19,20)21/h5,8-10,15H,1-4,6-7,14H2,(H,19,20,21)/t9-,10+/m1/s1. The van der Waals surface area contributed by atoms with E-state index in [4.69, 9.17) is 14.8 Å². The monoisotopic (exact) mass is 360 g/mol. The lowest BCUT2D eigenvalue weighted by Gasteiger charge is -2.24. The average Bonchev–Trinajstić information content (AvgIpc) is 3.02. The quantitative estimate of drug-likeness (QED) is 0.565. The lowest BCUT2D eigenvalue weighted by atomic mass is 9.98. The Bertz CT molecular complexity index is 701. The molecule has 0 aliphatic carbocycles. The maximum atomic E-state index is 11.7. The Morgan fingerprint density at radius 3 is 2.92 bits per heavy atom. The molecule has 2 fully saturated rings. The molecule has 1 aromatic rings. The molecule has 0 spiro atoms. The van der Waals surface area contributed by atoms with E-state index >= 15 is 0 Å². The van der Waals surface area contributed by atoms with Crippen molar-refractivity contribution in [2.24, 2.45) is 5.73 Å². The highest BCUT2D eigenvalue weighted by atomic mass is 32.3. The van der Waals surface area contributed by atoms with Crippen molar-refractivity contribution < 1.29 is 26.6 Å². The molecule has 1 aromatic heterocycles. The second-order valence-electron chi connectivity index (χ2n) is 6.11. The first-order chi connectivity index (χ1) is 11.3. The third-order valence-electron chi connectivity index (χ3n) is 4.36. The Morgan fingerprint density at radius 1 is 1.54 bits per heavy atom. The van der Waals surface area contributed by atoms with Crippen molar-refractivity contribution in [3.05, 3.63) is 17.5 Å². The SMILES string of the molecule is N[C@@H](CC[C@@H]1CCC(=O)N1OS(=O)(=O)O)c1cc(C2CNC2)on1. The van der Waals surface area contributed by atoms with Crippen LogP contribution in [0.15, 0.2) is 10.6 Å². The van der Waals surface area contributed by atoms with Crippen LogP contribution in [0, 0.1) is 0 Å². The van der Waals surface area contributed by atoms with Gasteiger partial charge in [-0.1, -0.05) is 5.16 Å². The number of carbonyl (C=O) groups is 1. The first kappa shape index (κ1) is 17.3. The van der Waals surface area contributed by atoms with Crippen LogP contribution in [-0.2, 0) is 19.5 Å². The third-order valence-corrected chi connectivity index (χ3v) is 4.71. The van der Waals surface area contributed by atoms with Crippen LogP contribution >= 0.6 is 0 Å². The molecule has 1 amide bonds.